The molecule has 0 atom stereocenters. The third-order valence-electron chi connectivity index (χ3n) is 2.94. The Kier molecular flexibility index (Phi) is 4.30. The van der Waals surface area contributed by atoms with E-state index in [4.69, 9.17) is 5.73 Å². The van der Waals surface area contributed by atoms with Crippen molar-refractivity contribution in [2.45, 2.75) is 0 Å². The number of carbonyl (C=O) groups excluding carboxylic acids is 2. The van der Waals surface area contributed by atoms with E-state index in [9.17, 15) is 9.59 Å². The van der Waals surface area contributed by atoms with Gasteiger partial charge in [0, 0.05) is 32.4 Å². The van der Waals surface area contributed by atoms with E-state index in [1.807, 2.05) is 0 Å². The van der Waals surface area contributed by atoms with Crippen LogP contribution in [0.5, 0.6) is 0 Å². The van der Waals surface area contributed by atoms with E-state index >= 15 is 0 Å². The molecule has 102 valence electrons. The summed E-state index contributed by atoms with van der Waals surface area (Å²) in [5.74, 6) is 0.0757. The predicted octanol–water partition coefficient (Wildman–Crippen LogP) is -0.976. The van der Waals surface area contributed by atoms with Crippen LogP contribution in [0.3, 0.4) is 0 Å². The minimum absolute atomic E-state index is 0.0438. The van der Waals surface area contributed by atoms with Gasteiger partial charge in [0.15, 0.2) is 0 Å². The standard InChI is InChI=1S/C12H17N5O2/c13-12(19)9-1-2-10(15-7-9)16-8-11(18)17-5-3-14-4-6-17/h1-2,7,14H,3-6,8H2,(H2,13,19)(H,15,16). The molecule has 7 heteroatoms. The van der Waals surface area contributed by atoms with Gasteiger partial charge in [-0.2, -0.15) is 0 Å². The van der Waals surface area contributed by atoms with Crippen LogP contribution in [0.25, 0.3) is 0 Å². The lowest BCUT2D eigenvalue weighted by molar-refractivity contribution is -0.129. The number of nitrogens with two attached hydrogens (primary N) is 1. The first-order valence-corrected chi connectivity index (χ1v) is 6.15. The second kappa shape index (κ2) is 6.14. The molecule has 7 nitrogen and oxygen atoms in total. The molecule has 2 rings (SSSR count). The summed E-state index contributed by atoms with van der Waals surface area (Å²) in [6.07, 6.45) is 1.39. The van der Waals surface area contributed by atoms with Gasteiger partial charge in [-0.3, -0.25) is 9.59 Å². The molecule has 0 radical (unpaired) electrons. The number of piperazine rings is 1. The van der Waals surface area contributed by atoms with Gasteiger partial charge in [0.05, 0.1) is 12.1 Å². The minimum atomic E-state index is -0.518. The van der Waals surface area contributed by atoms with Crippen molar-refractivity contribution in [2.24, 2.45) is 5.73 Å². The largest absolute Gasteiger partial charge is 0.366 e. The number of hydrogen-bond acceptors (Lipinski definition) is 5. The van der Waals surface area contributed by atoms with Gasteiger partial charge >= 0.3 is 0 Å². The summed E-state index contributed by atoms with van der Waals surface area (Å²) < 4.78 is 0. The quantitative estimate of drug-likeness (QED) is 0.648. The molecule has 0 spiro atoms. The number of nitrogens with zero attached hydrogens (tertiary/aromatic N) is 2. The van der Waals surface area contributed by atoms with Crippen LogP contribution in [0.1, 0.15) is 10.4 Å². The van der Waals surface area contributed by atoms with Crippen LogP contribution in [0, 0.1) is 0 Å². The highest BCUT2D eigenvalue weighted by Crippen LogP contribution is 2.04. The summed E-state index contributed by atoms with van der Waals surface area (Å²) >= 11 is 0. The van der Waals surface area contributed by atoms with Gasteiger partial charge in [0.2, 0.25) is 11.8 Å². The van der Waals surface area contributed by atoms with Crippen LogP contribution in [0.4, 0.5) is 5.82 Å². The molecular formula is C12H17N5O2. The topological polar surface area (TPSA) is 100 Å². The summed E-state index contributed by atoms with van der Waals surface area (Å²) in [5.41, 5.74) is 5.46. The smallest absolute Gasteiger partial charge is 0.250 e. The van der Waals surface area contributed by atoms with Gasteiger partial charge < -0.3 is 21.3 Å². The summed E-state index contributed by atoms with van der Waals surface area (Å²) in [6.45, 7) is 3.32. The molecule has 1 aromatic rings. The molecule has 2 heterocycles. The number of aromatic nitrogens is 1. The van der Waals surface area contributed by atoms with E-state index in [0.29, 0.717) is 11.4 Å². The van der Waals surface area contributed by atoms with E-state index in [2.05, 4.69) is 15.6 Å². The molecule has 19 heavy (non-hydrogen) atoms. The molecule has 1 aliphatic heterocycles. The maximum absolute atomic E-state index is 11.9. The molecule has 1 aromatic heterocycles. The van der Waals surface area contributed by atoms with E-state index in [-0.39, 0.29) is 12.5 Å². The zero-order valence-electron chi connectivity index (χ0n) is 10.6. The Morgan fingerprint density at radius 1 is 1.37 bits per heavy atom. The second-order valence-corrected chi connectivity index (χ2v) is 4.28. The first kappa shape index (κ1) is 13.3. The van der Waals surface area contributed by atoms with Crippen molar-refractivity contribution >= 4 is 17.6 Å². The Balaban J connectivity index is 1.84. The zero-order valence-corrected chi connectivity index (χ0v) is 10.6. The Morgan fingerprint density at radius 2 is 2.11 bits per heavy atom. The van der Waals surface area contributed by atoms with Gasteiger partial charge in [-0.25, -0.2) is 4.98 Å². The highest BCUT2D eigenvalue weighted by atomic mass is 16.2. The van der Waals surface area contributed by atoms with Crippen molar-refractivity contribution in [2.75, 3.05) is 38.0 Å². The average molecular weight is 263 g/mol. The van der Waals surface area contributed by atoms with Gasteiger partial charge in [0.1, 0.15) is 5.82 Å². The van der Waals surface area contributed by atoms with Crippen LogP contribution in [-0.2, 0) is 4.79 Å². The number of rotatable bonds is 4. The third-order valence-corrected chi connectivity index (χ3v) is 2.94. The van der Waals surface area contributed by atoms with Crippen molar-refractivity contribution in [3.63, 3.8) is 0 Å². The van der Waals surface area contributed by atoms with E-state index in [1.165, 1.54) is 6.20 Å². The molecule has 1 saturated heterocycles. The lowest BCUT2D eigenvalue weighted by Crippen LogP contribution is -2.48. The second-order valence-electron chi connectivity index (χ2n) is 4.28. The van der Waals surface area contributed by atoms with E-state index in [0.717, 1.165) is 26.2 Å². The zero-order chi connectivity index (χ0) is 13.7. The first-order chi connectivity index (χ1) is 9.16. The first-order valence-electron chi connectivity index (χ1n) is 6.15. The summed E-state index contributed by atoms with van der Waals surface area (Å²) in [5, 5.41) is 6.12. The number of primary amides is 1. The Bertz CT molecular complexity index is 454. The Morgan fingerprint density at radius 3 is 2.68 bits per heavy atom. The molecule has 1 fully saturated rings. The number of amides is 2. The van der Waals surface area contributed by atoms with Crippen molar-refractivity contribution in [3.8, 4) is 0 Å². The maximum Gasteiger partial charge on any atom is 0.250 e. The number of carbonyl (C=O) groups is 2. The number of nitrogens with one attached hydrogen (secondary N) is 2. The van der Waals surface area contributed by atoms with Gasteiger partial charge in [-0.05, 0) is 12.1 Å². The van der Waals surface area contributed by atoms with Crippen LogP contribution < -0.4 is 16.4 Å². The van der Waals surface area contributed by atoms with Crippen molar-refractivity contribution in [3.05, 3.63) is 23.9 Å². The van der Waals surface area contributed by atoms with Crippen LogP contribution >= 0.6 is 0 Å². The molecule has 0 bridgehead atoms. The Labute approximate surface area is 111 Å². The molecule has 4 N–H and O–H groups in total. The maximum atomic E-state index is 11.9. The van der Waals surface area contributed by atoms with Crippen molar-refractivity contribution in [1.82, 2.24) is 15.2 Å². The fourth-order valence-electron chi connectivity index (χ4n) is 1.84. The van der Waals surface area contributed by atoms with Gasteiger partial charge in [-0.15, -0.1) is 0 Å². The molecule has 0 aromatic carbocycles. The van der Waals surface area contributed by atoms with E-state index < -0.39 is 5.91 Å². The molecule has 0 saturated carbocycles. The predicted molar refractivity (Wildman–Crippen MR) is 70.7 cm³/mol. The lowest BCUT2D eigenvalue weighted by Gasteiger charge is -2.27. The highest BCUT2D eigenvalue weighted by molar-refractivity contribution is 5.92. The highest BCUT2D eigenvalue weighted by Gasteiger charge is 2.15. The summed E-state index contributed by atoms with van der Waals surface area (Å²) in [7, 11) is 0. The van der Waals surface area contributed by atoms with Crippen LogP contribution in [0.2, 0.25) is 0 Å². The van der Waals surface area contributed by atoms with Crippen LogP contribution in [-0.4, -0.2) is 54.4 Å². The fourth-order valence-corrected chi connectivity index (χ4v) is 1.84. The lowest BCUT2D eigenvalue weighted by atomic mass is 10.3. The van der Waals surface area contributed by atoms with Crippen molar-refractivity contribution in [1.29, 1.82) is 0 Å². The van der Waals surface area contributed by atoms with E-state index in [1.54, 1.807) is 17.0 Å². The fraction of sp³-hybridized carbons (Fsp3) is 0.417. The molecule has 2 amide bonds. The number of anilines is 1. The summed E-state index contributed by atoms with van der Waals surface area (Å²) in [4.78, 5) is 28.6. The summed E-state index contributed by atoms with van der Waals surface area (Å²) in [6, 6.07) is 3.21. The average Bonchev–Trinajstić information content (AvgIpc) is 2.46. The monoisotopic (exact) mass is 263 g/mol. The van der Waals surface area contributed by atoms with Gasteiger partial charge in [-0.1, -0.05) is 0 Å². The molecular weight excluding hydrogens is 246 g/mol. The SMILES string of the molecule is NC(=O)c1ccc(NCC(=O)N2CCNCC2)nc1. The number of hydrogen-bond donors (Lipinski definition) is 3. The normalized spacial score (nSPS) is 15.1. The van der Waals surface area contributed by atoms with Crippen LogP contribution in [0.15, 0.2) is 18.3 Å². The molecule has 0 aliphatic carbocycles. The number of pyridine rings is 1. The third kappa shape index (κ3) is 3.65. The molecule has 0 unspecified atom stereocenters. The van der Waals surface area contributed by atoms with Crippen molar-refractivity contribution < 1.29 is 9.59 Å². The van der Waals surface area contributed by atoms with Gasteiger partial charge in [0.25, 0.3) is 0 Å². The minimum Gasteiger partial charge on any atom is -0.366 e. The Hall–Kier alpha value is -2.15. The molecule has 1 aliphatic rings.